The number of carbonyl (C=O) groups excluding carboxylic acids is 1. The van der Waals surface area contributed by atoms with Crippen LogP contribution in [0.1, 0.15) is 12.0 Å². The Kier molecular flexibility index (Phi) is 6.17. The van der Waals surface area contributed by atoms with Crippen molar-refractivity contribution in [3.05, 3.63) is 58.1 Å². The quantitative estimate of drug-likeness (QED) is 0.425. The molecule has 1 aliphatic heterocycles. The largest absolute Gasteiger partial charge is 0.496 e. The second-order valence-corrected chi connectivity index (χ2v) is 7.81. The highest BCUT2D eigenvalue weighted by Crippen LogP contribution is 2.36. The molecule has 3 aromatic rings. The molecule has 4 rings (SSSR count). The zero-order valence-electron chi connectivity index (χ0n) is 17.0. The highest BCUT2D eigenvalue weighted by Gasteiger charge is 2.21. The highest BCUT2D eigenvalue weighted by atomic mass is 35.5. The molecule has 0 atom stereocenters. The Hall–Kier alpha value is -3.34. The van der Waals surface area contributed by atoms with Crippen LogP contribution >= 0.6 is 23.2 Å². The molecule has 0 bridgehead atoms. The molecule has 2 heterocycles. The number of hydrogen-bond donors (Lipinski definition) is 1. The van der Waals surface area contributed by atoms with E-state index in [1.807, 2.05) is 12.1 Å². The number of fused-ring (bicyclic) bond motifs is 1. The molecule has 0 spiro atoms. The Labute approximate surface area is 194 Å². The summed E-state index contributed by atoms with van der Waals surface area (Å²) in [6.45, 7) is 0.901. The summed E-state index contributed by atoms with van der Waals surface area (Å²) in [4.78, 5) is 22.2. The fraction of sp³-hybridized carbons (Fsp3) is 0.174. The van der Waals surface area contributed by atoms with Gasteiger partial charge in [0, 0.05) is 30.1 Å². The van der Waals surface area contributed by atoms with E-state index in [2.05, 4.69) is 21.2 Å². The van der Waals surface area contributed by atoms with Crippen LogP contribution in [0, 0.1) is 18.2 Å². The smallest absolute Gasteiger partial charge is 0.298 e. The summed E-state index contributed by atoms with van der Waals surface area (Å²) < 4.78 is 20.2. The molecule has 0 saturated heterocycles. The van der Waals surface area contributed by atoms with Crippen molar-refractivity contribution in [2.45, 2.75) is 6.42 Å². The number of ether oxygens (including phenoxy) is 1. The molecule has 1 N–H and O–H groups in total. The first-order valence-electron chi connectivity index (χ1n) is 9.61. The van der Waals surface area contributed by atoms with Crippen LogP contribution in [0.15, 0.2) is 36.7 Å². The summed E-state index contributed by atoms with van der Waals surface area (Å²) in [5, 5.41) is 3.54. The lowest BCUT2D eigenvalue weighted by atomic mass is 9.98. The summed E-state index contributed by atoms with van der Waals surface area (Å²) >= 11 is 11.8. The maximum atomic E-state index is 14.6. The molecule has 0 saturated carbocycles. The molecule has 0 aliphatic carbocycles. The van der Waals surface area contributed by atoms with Crippen molar-refractivity contribution >= 4 is 57.1 Å². The topological polar surface area (TPSA) is 67.4 Å². The summed E-state index contributed by atoms with van der Waals surface area (Å²) in [7, 11) is 1.56. The van der Waals surface area contributed by atoms with Crippen molar-refractivity contribution in [1.29, 1.82) is 0 Å². The van der Waals surface area contributed by atoms with Gasteiger partial charge in [-0.3, -0.25) is 4.79 Å². The van der Waals surface area contributed by atoms with Gasteiger partial charge < -0.3 is 15.0 Å². The van der Waals surface area contributed by atoms with E-state index in [-0.39, 0.29) is 21.6 Å². The molecule has 0 radical (unpaired) electrons. The Morgan fingerprint density at radius 1 is 1.31 bits per heavy atom. The number of nitrogens with zero attached hydrogens (tertiary/aromatic N) is 3. The molecule has 1 aromatic heterocycles. The summed E-state index contributed by atoms with van der Waals surface area (Å²) in [6.07, 6.45) is 9.35. The van der Waals surface area contributed by atoms with Crippen LogP contribution in [0.3, 0.4) is 0 Å². The number of aromatic nitrogens is 2. The number of methoxy groups -OCH3 is 1. The minimum absolute atomic E-state index is 0.115. The van der Waals surface area contributed by atoms with Gasteiger partial charge in [-0.15, -0.1) is 6.42 Å². The lowest BCUT2D eigenvalue weighted by Gasteiger charge is -2.26. The number of rotatable bonds is 4. The van der Waals surface area contributed by atoms with Crippen LogP contribution in [0.2, 0.25) is 10.0 Å². The molecule has 0 fully saturated rings. The third-order valence-electron chi connectivity index (χ3n) is 5.15. The number of nitrogens with one attached hydrogen (secondary N) is 1. The van der Waals surface area contributed by atoms with Crippen molar-refractivity contribution < 1.29 is 13.9 Å². The van der Waals surface area contributed by atoms with Crippen LogP contribution in [-0.4, -0.2) is 41.0 Å². The molecule has 0 unspecified atom stereocenters. The fourth-order valence-electron chi connectivity index (χ4n) is 3.56. The minimum atomic E-state index is -0.682. The van der Waals surface area contributed by atoms with E-state index in [1.54, 1.807) is 18.1 Å². The van der Waals surface area contributed by atoms with E-state index < -0.39 is 5.82 Å². The molecule has 1 amide bonds. The van der Waals surface area contributed by atoms with E-state index in [1.165, 1.54) is 18.5 Å². The Morgan fingerprint density at radius 2 is 2.12 bits per heavy atom. The first-order valence-corrected chi connectivity index (χ1v) is 10.4. The van der Waals surface area contributed by atoms with Gasteiger partial charge in [-0.2, -0.15) is 0 Å². The van der Waals surface area contributed by atoms with Crippen molar-refractivity contribution in [3.63, 3.8) is 0 Å². The Bertz CT molecular complexity index is 1300. The minimum Gasteiger partial charge on any atom is -0.496 e. The van der Waals surface area contributed by atoms with Crippen LogP contribution < -0.4 is 10.1 Å². The lowest BCUT2D eigenvalue weighted by Crippen LogP contribution is -2.34. The number of anilines is 2. The molecule has 2 aromatic carbocycles. The van der Waals surface area contributed by atoms with Crippen LogP contribution in [0.25, 0.3) is 16.5 Å². The fourth-order valence-corrected chi connectivity index (χ4v) is 3.87. The number of hydrogen-bond acceptors (Lipinski definition) is 5. The van der Waals surface area contributed by atoms with Gasteiger partial charge >= 0.3 is 0 Å². The third-order valence-corrected chi connectivity index (χ3v) is 5.93. The standard InChI is InChI=1S/C23H17Cl2FN4O2/c1-3-20(31)30-8-4-5-13(11-30)14-9-15-18(10-19(14)32-2)27-12-28-23(15)29-17-7-6-16(24)21(25)22(17)26/h1,5-7,9-10,12H,4,8,11H2,2H3,(H,27,28,29). The van der Waals surface area contributed by atoms with Crippen LogP contribution in [0.4, 0.5) is 15.9 Å². The van der Waals surface area contributed by atoms with Crippen LogP contribution in [0.5, 0.6) is 5.75 Å². The van der Waals surface area contributed by atoms with Crippen molar-refractivity contribution in [1.82, 2.24) is 14.9 Å². The van der Waals surface area contributed by atoms with Gasteiger partial charge in [0.25, 0.3) is 5.91 Å². The first kappa shape index (κ1) is 21.9. The second-order valence-electron chi connectivity index (χ2n) is 7.03. The van der Waals surface area contributed by atoms with Crippen molar-refractivity contribution in [2.75, 3.05) is 25.5 Å². The Morgan fingerprint density at radius 3 is 2.88 bits per heavy atom. The molecule has 1 aliphatic rings. The monoisotopic (exact) mass is 470 g/mol. The molecular weight excluding hydrogens is 454 g/mol. The van der Waals surface area contributed by atoms with E-state index >= 15 is 0 Å². The van der Waals surface area contributed by atoms with Crippen LogP contribution in [-0.2, 0) is 4.79 Å². The SMILES string of the molecule is C#CC(=O)N1CCC=C(c2cc3c(Nc4ccc(Cl)c(Cl)c4F)ncnc3cc2OC)C1. The van der Waals surface area contributed by atoms with Gasteiger partial charge in [0.05, 0.1) is 28.4 Å². The van der Waals surface area contributed by atoms with E-state index in [4.69, 9.17) is 34.4 Å². The normalized spacial score (nSPS) is 13.5. The summed E-state index contributed by atoms with van der Waals surface area (Å²) in [5.74, 6) is 2.08. The van der Waals surface area contributed by atoms with Crippen molar-refractivity contribution in [3.8, 4) is 18.1 Å². The second kappa shape index (κ2) is 9.03. The molecule has 6 nitrogen and oxygen atoms in total. The maximum Gasteiger partial charge on any atom is 0.298 e. The van der Waals surface area contributed by atoms with Gasteiger partial charge in [0.15, 0.2) is 5.82 Å². The first-order chi connectivity index (χ1) is 15.4. The Balaban J connectivity index is 1.79. The van der Waals surface area contributed by atoms with E-state index in [9.17, 15) is 9.18 Å². The summed E-state index contributed by atoms with van der Waals surface area (Å²) in [6, 6.07) is 6.60. The molecule has 9 heteroatoms. The number of benzene rings is 2. The average Bonchev–Trinajstić information content (AvgIpc) is 2.83. The van der Waals surface area contributed by atoms with Crippen molar-refractivity contribution in [2.24, 2.45) is 0 Å². The molecule has 32 heavy (non-hydrogen) atoms. The van der Waals surface area contributed by atoms with Gasteiger partial charge in [0.1, 0.15) is 17.9 Å². The maximum absolute atomic E-state index is 14.6. The van der Waals surface area contributed by atoms with E-state index in [0.717, 1.165) is 11.1 Å². The predicted molar refractivity (Wildman–Crippen MR) is 124 cm³/mol. The number of terminal acetylenes is 1. The molecular formula is C23H17Cl2FN4O2. The molecule has 162 valence electrons. The van der Waals surface area contributed by atoms with Gasteiger partial charge in [-0.1, -0.05) is 29.3 Å². The zero-order valence-corrected chi connectivity index (χ0v) is 18.5. The number of carbonyl (C=O) groups is 1. The zero-order chi connectivity index (χ0) is 22.8. The summed E-state index contributed by atoms with van der Waals surface area (Å²) in [5.41, 5.74) is 2.37. The average molecular weight is 471 g/mol. The van der Waals surface area contributed by atoms with Gasteiger partial charge in [-0.05, 0) is 36.1 Å². The lowest BCUT2D eigenvalue weighted by molar-refractivity contribution is -0.124. The van der Waals surface area contributed by atoms with Gasteiger partial charge in [0.2, 0.25) is 0 Å². The third kappa shape index (κ3) is 4.07. The number of halogens is 3. The highest BCUT2D eigenvalue weighted by molar-refractivity contribution is 6.42. The predicted octanol–water partition coefficient (Wildman–Crippen LogP) is 5.08. The van der Waals surface area contributed by atoms with Gasteiger partial charge in [-0.25, -0.2) is 14.4 Å². The van der Waals surface area contributed by atoms with E-state index in [0.29, 0.717) is 42.0 Å². The number of amides is 1.